The molecule has 0 aromatic heterocycles. The molecule has 0 amide bonds. The van der Waals surface area contributed by atoms with Gasteiger partial charge >= 0.3 is 0 Å². The van der Waals surface area contributed by atoms with Gasteiger partial charge in [0.25, 0.3) is 0 Å². The molecule has 2 N–H and O–H groups in total. The molecular weight excluding hydrogens is 415 g/mol. The molecule has 0 aromatic carbocycles. The summed E-state index contributed by atoms with van der Waals surface area (Å²) in [6.07, 6.45) is 3.01. The van der Waals surface area contributed by atoms with E-state index in [1.807, 2.05) is 20.8 Å². The summed E-state index contributed by atoms with van der Waals surface area (Å²) in [5.74, 6) is -1.11. The molecule has 4 aliphatic carbocycles. The van der Waals surface area contributed by atoms with Crippen LogP contribution in [0.5, 0.6) is 0 Å². The quantitative estimate of drug-likeness (QED) is 0.684. The monoisotopic (exact) mass is 450 g/mol. The number of rotatable bonds is 4. The first kappa shape index (κ1) is 22.6. The molecule has 0 spiro atoms. The van der Waals surface area contributed by atoms with Crippen LogP contribution in [0.4, 0.5) is 4.39 Å². The Morgan fingerprint density at radius 3 is 2.72 bits per heavy atom. The molecule has 178 valence electrons. The number of aliphatic hydroxyl groups is 2. The van der Waals surface area contributed by atoms with Crippen molar-refractivity contribution in [3.63, 3.8) is 0 Å². The molecule has 0 radical (unpaired) electrons. The number of ketones is 2. The van der Waals surface area contributed by atoms with E-state index in [2.05, 4.69) is 0 Å². The summed E-state index contributed by atoms with van der Waals surface area (Å²) in [5.41, 5.74) is -4.18. The minimum absolute atomic E-state index is 0.0290. The zero-order valence-electron chi connectivity index (χ0n) is 19.2. The summed E-state index contributed by atoms with van der Waals surface area (Å²) < 4.78 is 29.7. The zero-order chi connectivity index (χ0) is 23.1. The molecule has 1 heterocycles. The third-order valence-corrected chi connectivity index (χ3v) is 9.92. The number of carbonyl (C=O) groups excluding carboxylic acids is 2. The number of allylic oxidation sites excluding steroid dienone is 1. The fourth-order valence-corrected chi connectivity index (χ4v) is 8.37. The van der Waals surface area contributed by atoms with E-state index in [1.165, 1.54) is 0 Å². The lowest BCUT2D eigenvalue weighted by atomic mass is 9.44. The fraction of sp³-hybridized carbons (Fsp3) is 0.840. The minimum Gasteiger partial charge on any atom is -0.390 e. The number of carbonyl (C=O) groups is 2. The summed E-state index contributed by atoms with van der Waals surface area (Å²) in [5, 5.41) is 21.3. The SMILES string of the molecule is CCCC1O[C@@H]2C[C@H]3[C@@H]4CCC5=CC(=O)CC[C@]5(C)[C@@]4(F)[C@@H](O)C[C@]3(C)[C@]2(C(=O)CO)O1. The topological polar surface area (TPSA) is 93.1 Å². The average Bonchev–Trinajstić information content (AvgIpc) is 3.22. The Morgan fingerprint density at radius 2 is 2.03 bits per heavy atom. The van der Waals surface area contributed by atoms with Gasteiger partial charge in [-0.05, 0) is 50.5 Å². The highest BCUT2D eigenvalue weighted by Gasteiger charge is 2.79. The number of ether oxygens (including phenoxy) is 2. The molecule has 0 aromatic rings. The third-order valence-electron chi connectivity index (χ3n) is 9.92. The Balaban J connectivity index is 1.59. The van der Waals surface area contributed by atoms with Crippen molar-refractivity contribution in [3.05, 3.63) is 11.6 Å². The van der Waals surface area contributed by atoms with Crippen LogP contribution in [0.3, 0.4) is 0 Å². The molecule has 1 saturated heterocycles. The predicted octanol–water partition coefficient (Wildman–Crippen LogP) is 3.03. The summed E-state index contributed by atoms with van der Waals surface area (Å²) >= 11 is 0. The van der Waals surface area contributed by atoms with Crippen LogP contribution in [-0.4, -0.2) is 58.2 Å². The number of hydrogen-bond donors (Lipinski definition) is 2. The van der Waals surface area contributed by atoms with Gasteiger partial charge < -0.3 is 19.7 Å². The Kier molecular flexibility index (Phi) is 5.07. The Bertz CT molecular complexity index is 872. The third kappa shape index (κ3) is 2.49. The first-order valence-electron chi connectivity index (χ1n) is 12.2. The molecule has 6 nitrogen and oxygen atoms in total. The zero-order valence-corrected chi connectivity index (χ0v) is 19.2. The Hall–Kier alpha value is -1.15. The maximum Gasteiger partial charge on any atom is 0.193 e. The number of Topliss-reactive ketones (excluding diaryl/α,β-unsaturated/α-hetero) is 1. The van der Waals surface area contributed by atoms with Gasteiger partial charge in [-0.3, -0.25) is 9.59 Å². The lowest BCUT2D eigenvalue weighted by Gasteiger charge is -2.63. The Morgan fingerprint density at radius 1 is 1.28 bits per heavy atom. The maximum absolute atomic E-state index is 17.2. The van der Waals surface area contributed by atoms with Crippen LogP contribution in [0.15, 0.2) is 11.6 Å². The van der Waals surface area contributed by atoms with Crippen molar-refractivity contribution < 1.29 is 33.7 Å². The van der Waals surface area contributed by atoms with Crippen LogP contribution in [0.1, 0.15) is 72.1 Å². The van der Waals surface area contributed by atoms with E-state index in [0.717, 1.165) is 12.0 Å². The van der Waals surface area contributed by atoms with Crippen molar-refractivity contribution in [1.82, 2.24) is 0 Å². The van der Waals surface area contributed by atoms with Crippen molar-refractivity contribution in [3.8, 4) is 0 Å². The largest absolute Gasteiger partial charge is 0.390 e. The van der Waals surface area contributed by atoms with E-state index in [1.54, 1.807) is 6.08 Å². The van der Waals surface area contributed by atoms with Gasteiger partial charge in [-0.15, -0.1) is 0 Å². The molecular formula is C25H35FO6. The molecule has 5 rings (SSSR count). The first-order chi connectivity index (χ1) is 15.1. The molecule has 0 bridgehead atoms. The average molecular weight is 451 g/mol. The van der Waals surface area contributed by atoms with Gasteiger partial charge in [-0.1, -0.05) is 32.8 Å². The lowest BCUT2D eigenvalue weighted by Crippen LogP contribution is -2.70. The second kappa shape index (κ2) is 7.17. The molecule has 3 saturated carbocycles. The van der Waals surface area contributed by atoms with E-state index >= 15 is 4.39 Å². The van der Waals surface area contributed by atoms with Gasteiger partial charge in [0.2, 0.25) is 0 Å². The molecule has 4 fully saturated rings. The van der Waals surface area contributed by atoms with E-state index < -0.39 is 58.9 Å². The van der Waals surface area contributed by atoms with Gasteiger partial charge in [0.05, 0.1) is 12.2 Å². The first-order valence-corrected chi connectivity index (χ1v) is 12.2. The van der Waals surface area contributed by atoms with Crippen molar-refractivity contribution in [2.45, 2.75) is 102 Å². The standard InChI is InChI=1S/C25H35FO6/c1-4-5-21-31-20-11-17-16-7-6-14-10-15(28)8-9-22(14,2)24(16,26)18(29)12-23(17,3)25(20,32-21)19(30)13-27/h10,16-18,20-21,27,29H,4-9,11-13H2,1-3H3/t16-,17-,18-,20+,21?,22-,23-,24-,25+/m0/s1. The van der Waals surface area contributed by atoms with Gasteiger partial charge in [0.1, 0.15) is 12.3 Å². The number of aliphatic hydroxyl groups excluding tert-OH is 2. The normalized spacial score (nSPS) is 52.0. The highest BCUT2D eigenvalue weighted by atomic mass is 19.1. The van der Waals surface area contributed by atoms with E-state index in [9.17, 15) is 19.8 Å². The summed E-state index contributed by atoms with van der Waals surface area (Å²) in [6, 6.07) is 0. The second-order valence-electron chi connectivity index (χ2n) is 11.1. The van der Waals surface area contributed by atoms with Gasteiger partial charge in [0.15, 0.2) is 23.5 Å². The summed E-state index contributed by atoms with van der Waals surface area (Å²) in [6.45, 7) is 5.12. The maximum atomic E-state index is 17.2. The summed E-state index contributed by atoms with van der Waals surface area (Å²) in [7, 11) is 0. The van der Waals surface area contributed by atoms with Crippen molar-refractivity contribution in [2.24, 2.45) is 22.7 Å². The smallest absolute Gasteiger partial charge is 0.193 e. The molecule has 9 atom stereocenters. The van der Waals surface area contributed by atoms with E-state index in [4.69, 9.17) is 9.47 Å². The Labute approximate surface area is 188 Å². The second-order valence-corrected chi connectivity index (χ2v) is 11.1. The molecule has 5 aliphatic rings. The fourth-order valence-electron chi connectivity index (χ4n) is 8.37. The van der Waals surface area contributed by atoms with E-state index in [0.29, 0.717) is 32.1 Å². The van der Waals surface area contributed by atoms with Crippen LogP contribution in [0.2, 0.25) is 0 Å². The van der Waals surface area contributed by atoms with Crippen LogP contribution < -0.4 is 0 Å². The molecule has 32 heavy (non-hydrogen) atoms. The lowest BCUT2D eigenvalue weighted by molar-refractivity contribution is -0.238. The number of halogens is 1. The minimum atomic E-state index is -1.88. The van der Waals surface area contributed by atoms with Crippen molar-refractivity contribution in [2.75, 3.05) is 6.61 Å². The van der Waals surface area contributed by atoms with Crippen LogP contribution in [-0.2, 0) is 19.1 Å². The van der Waals surface area contributed by atoms with Crippen LogP contribution >= 0.6 is 0 Å². The molecule has 1 unspecified atom stereocenters. The molecule has 1 aliphatic heterocycles. The van der Waals surface area contributed by atoms with Crippen molar-refractivity contribution >= 4 is 11.6 Å². The van der Waals surface area contributed by atoms with E-state index in [-0.39, 0.29) is 24.5 Å². The van der Waals surface area contributed by atoms with Crippen LogP contribution in [0, 0.1) is 22.7 Å². The number of hydrogen-bond acceptors (Lipinski definition) is 6. The van der Waals surface area contributed by atoms with Gasteiger partial charge in [0, 0.05) is 23.2 Å². The highest BCUT2D eigenvalue weighted by Crippen LogP contribution is 2.72. The predicted molar refractivity (Wildman–Crippen MR) is 113 cm³/mol. The van der Waals surface area contributed by atoms with Gasteiger partial charge in [-0.2, -0.15) is 0 Å². The summed E-state index contributed by atoms with van der Waals surface area (Å²) in [4.78, 5) is 25.3. The van der Waals surface area contributed by atoms with Gasteiger partial charge in [-0.25, -0.2) is 4.39 Å². The molecule has 7 heteroatoms. The number of alkyl halides is 1. The van der Waals surface area contributed by atoms with Crippen molar-refractivity contribution in [1.29, 1.82) is 0 Å². The van der Waals surface area contributed by atoms with Crippen LogP contribution in [0.25, 0.3) is 0 Å². The number of fused-ring (bicyclic) bond motifs is 7. The highest BCUT2D eigenvalue weighted by molar-refractivity contribution is 5.92.